The van der Waals surface area contributed by atoms with Crippen molar-refractivity contribution in [3.05, 3.63) is 67.2 Å². The summed E-state index contributed by atoms with van der Waals surface area (Å²) in [5.41, 5.74) is 5.12. The number of hydrogen-bond acceptors (Lipinski definition) is 1. The van der Waals surface area contributed by atoms with Crippen LogP contribution in [0.1, 0.15) is 35.2 Å². The third-order valence-electron chi connectivity index (χ3n) is 3.43. The molecule has 0 aromatic heterocycles. The molecule has 1 unspecified atom stereocenters. The fourth-order valence-electron chi connectivity index (χ4n) is 2.37. The molecule has 0 saturated carbocycles. The Morgan fingerprint density at radius 2 is 1.90 bits per heavy atom. The van der Waals surface area contributed by atoms with E-state index in [0.717, 1.165) is 15.1 Å². The van der Waals surface area contributed by atoms with Crippen molar-refractivity contribution in [1.29, 1.82) is 0 Å². The first-order chi connectivity index (χ1) is 9.52. The minimum absolute atomic E-state index is 0.189. The summed E-state index contributed by atoms with van der Waals surface area (Å²) in [7, 11) is 0. The molecule has 0 aliphatic carbocycles. The highest BCUT2D eigenvalue weighted by Gasteiger charge is 2.16. The molecule has 0 aliphatic heterocycles. The van der Waals surface area contributed by atoms with Gasteiger partial charge in [-0.2, -0.15) is 0 Å². The molecule has 106 valence electrons. The number of halogens is 2. The van der Waals surface area contributed by atoms with Crippen molar-refractivity contribution in [2.45, 2.75) is 26.8 Å². The largest absolute Gasteiger partial charge is 0.307 e. The van der Waals surface area contributed by atoms with Crippen molar-refractivity contribution in [3.63, 3.8) is 0 Å². The van der Waals surface area contributed by atoms with Gasteiger partial charge in [0.15, 0.2) is 0 Å². The van der Waals surface area contributed by atoms with Crippen LogP contribution in [0.4, 0.5) is 0 Å². The smallest absolute Gasteiger partial charge is 0.0579 e. The average molecular weight is 400 g/mol. The molecule has 0 heterocycles. The van der Waals surface area contributed by atoms with Gasteiger partial charge in [0, 0.05) is 3.57 Å². The van der Waals surface area contributed by atoms with Crippen LogP contribution < -0.4 is 5.32 Å². The lowest BCUT2D eigenvalue weighted by molar-refractivity contribution is 0.627. The molecule has 2 aromatic carbocycles. The maximum atomic E-state index is 6.28. The van der Waals surface area contributed by atoms with Crippen molar-refractivity contribution in [2.24, 2.45) is 0 Å². The SMILES string of the molecule is CCNC(c1ccc(I)c(Cl)c1)c1cc(C)ccc1C. The van der Waals surface area contributed by atoms with E-state index in [4.69, 9.17) is 11.6 Å². The lowest BCUT2D eigenvalue weighted by atomic mass is 9.93. The number of hydrogen-bond donors (Lipinski definition) is 1. The second kappa shape index (κ2) is 6.92. The number of nitrogens with one attached hydrogen (secondary N) is 1. The van der Waals surface area contributed by atoms with E-state index in [1.165, 1.54) is 22.3 Å². The molecule has 0 amide bonds. The summed E-state index contributed by atoms with van der Waals surface area (Å²) < 4.78 is 1.09. The first-order valence-electron chi connectivity index (χ1n) is 6.78. The van der Waals surface area contributed by atoms with E-state index in [1.54, 1.807) is 0 Å². The second-order valence-electron chi connectivity index (χ2n) is 5.02. The third-order valence-corrected chi connectivity index (χ3v) is 5.00. The zero-order valence-electron chi connectivity index (χ0n) is 12.0. The molecule has 2 rings (SSSR count). The van der Waals surface area contributed by atoms with Crippen molar-refractivity contribution in [1.82, 2.24) is 5.32 Å². The molecule has 1 atom stereocenters. The summed E-state index contributed by atoms with van der Waals surface area (Å²) in [6, 6.07) is 13.1. The third kappa shape index (κ3) is 3.54. The summed E-state index contributed by atoms with van der Waals surface area (Å²) in [4.78, 5) is 0. The van der Waals surface area contributed by atoms with Crippen molar-refractivity contribution in [3.8, 4) is 0 Å². The Morgan fingerprint density at radius 1 is 1.15 bits per heavy atom. The van der Waals surface area contributed by atoms with Gasteiger partial charge in [0.2, 0.25) is 0 Å². The van der Waals surface area contributed by atoms with Crippen LogP contribution in [0.25, 0.3) is 0 Å². The summed E-state index contributed by atoms with van der Waals surface area (Å²) >= 11 is 8.54. The monoisotopic (exact) mass is 399 g/mol. The fourth-order valence-corrected chi connectivity index (χ4v) is 2.90. The molecule has 0 spiro atoms. The Hall–Kier alpha value is -0.580. The normalized spacial score (nSPS) is 12.4. The highest BCUT2D eigenvalue weighted by molar-refractivity contribution is 14.1. The van der Waals surface area contributed by atoms with E-state index in [2.05, 4.69) is 85.1 Å². The van der Waals surface area contributed by atoms with Gasteiger partial charge < -0.3 is 5.32 Å². The van der Waals surface area contributed by atoms with Crippen LogP contribution in [-0.4, -0.2) is 6.54 Å². The van der Waals surface area contributed by atoms with Gasteiger partial charge in [0.1, 0.15) is 0 Å². The van der Waals surface area contributed by atoms with Crippen molar-refractivity contribution in [2.75, 3.05) is 6.54 Å². The Bertz CT molecular complexity index is 610. The molecule has 0 fully saturated rings. The predicted molar refractivity (Wildman–Crippen MR) is 95.6 cm³/mol. The minimum Gasteiger partial charge on any atom is -0.307 e. The number of rotatable bonds is 4. The maximum Gasteiger partial charge on any atom is 0.0579 e. The molecule has 0 aliphatic rings. The fraction of sp³-hybridized carbons (Fsp3) is 0.294. The molecule has 1 N–H and O–H groups in total. The first kappa shape index (κ1) is 15.8. The lowest BCUT2D eigenvalue weighted by Gasteiger charge is -2.22. The number of aryl methyl sites for hydroxylation is 2. The van der Waals surface area contributed by atoms with Gasteiger partial charge in [0.25, 0.3) is 0 Å². The van der Waals surface area contributed by atoms with Gasteiger partial charge in [0.05, 0.1) is 11.1 Å². The quantitative estimate of drug-likeness (QED) is 0.692. The van der Waals surface area contributed by atoms with E-state index in [1.807, 2.05) is 0 Å². The molecule has 0 saturated heterocycles. The van der Waals surface area contributed by atoms with E-state index in [0.29, 0.717) is 0 Å². The highest BCUT2D eigenvalue weighted by Crippen LogP contribution is 2.29. The first-order valence-corrected chi connectivity index (χ1v) is 8.24. The molecule has 3 heteroatoms. The Kier molecular flexibility index (Phi) is 5.47. The Balaban J connectivity index is 2.49. The summed E-state index contributed by atoms with van der Waals surface area (Å²) in [6.45, 7) is 7.34. The zero-order chi connectivity index (χ0) is 14.7. The molecular formula is C17H19ClIN. The highest BCUT2D eigenvalue weighted by atomic mass is 127. The standard InChI is InChI=1S/C17H19ClIN/c1-4-20-17(13-7-8-16(19)15(18)10-13)14-9-11(2)5-6-12(14)3/h5-10,17,20H,4H2,1-3H3. The van der Waals surface area contributed by atoms with Crippen molar-refractivity contribution < 1.29 is 0 Å². The summed E-state index contributed by atoms with van der Waals surface area (Å²) in [5.74, 6) is 0. The average Bonchev–Trinajstić information content (AvgIpc) is 2.42. The zero-order valence-corrected chi connectivity index (χ0v) is 14.9. The van der Waals surface area contributed by atoms with Crippen LogP contribution in [0.15, 0.2) is 36.4 Å². The van der Waals surface area contributed by atoms with Gasteiger partial charge >= 0.3 is 0 Å². The Morgan fingerprint density at radius 3 is 2.55 bits per heavy atom. The van der Waals surface area contributed by atoms with Crippen molar-refractivity contribution >= 4 is 34.2 Å². The molecular weight excluding hydrogens is 381 g/mol. The predicted octanol–water partition coefficient (Wildman–Crippen LogP) is 5.26. The topological polar surface area (TPSA) is 12.0 Å². The van der Waals surface area contributed by atoms with Gasteiger partial charge in [-0.3, -0.25) is 0 Å². The van der Waals surface area contributed by atoms with Gasteiger partial charge in [-0.05, 0) is 71.8 Å². The van der Waals surface area contributed by atoms with Crippen LogP contribution >= 0.6 is 34.2 Å². The minimum atomic E-state index is 0.189. The van der Waals surface area contributed by atoms with Gasteiger partial charge in [-0.25, -0.2) is 0 Å². The van der Waals surface area contributed by atoms with Crippen LogP contribution in [0.5, 0.6) is 0 Å². The molecule has 20 heavy (non-hydrogen) atoms. The van der Waals surface area contributed by atoms with E-state index in [9.17, 15) is 0 Å². The van der Waals surface area contributed by atoms with Crippen LogP contribution in [0.2, 0.25) is 5.02 Å². The molecule has 2 aromatic rings. The van der Waals surface area contributed by atoms with Crippen LogP contribution in [-0.2, 0) is 0 Å². The molecule has 0 radical (unpaired) electrons. The van der Waals surface area contributed by atoms with E-state index < -0.39 is 0 Å². The molecule has 1 nitrogen and oxygen atoms in total. The maximum absolute atomic E-state index is 6.28. The van der Waals surface area contributed by atoms with Crippen LogP contribution in [0.3, 0.4) is 0 Å². The summed E-state index contributed by atoms with van der Waals surface area (Å²) in [5, 5.41) is 4.38. The van der Waals surface area contributed by atoms with E-state index in [-0.39, 0.29) is 6.04 Å². The summed E-state index contributed by atoms with van der Waals surface area (Å²) in [6.07, 6.45) is 0. The second-order valence-corrected chi connectivity index (χ2v) is 6.59. The Labute approximate surface area is 139 Å². The van der Waals surface area contributed by atoms with Gasteiger partial charge in [-0.15, -0.1) is 0 Å². The van der Waals surface area contributed by atoms with Crippen LogP contribution in [0, 0.1) is 17.4 Å². The lowest BCUT2D eigenvalue weighted by Crippen LogP contribution is -2.23. The number of benzene rings is 2. The van der Waals surface area contributed by atoms with E-state index >= 15 is 0 Å². The van der Waals surface area contributed by atoms with Gasteiger partial charge in [-0.1, -0.05) is 48.4 Å². The molecule has 0 bridgehead atoms.